The fourth-order valence-corrected chi connectivity index (χ4v) is 3.88. The highest BCUT2D eigenvalue weighted by atomic mass is 16.6. The van der Waals surface area contributed by atoms with Gasteiger partial charge in [0.1, 0.15) is 37.9 Å². The van der Waals surface area contributed by atoms with Gasteiger partial charge in [0.2, 0.25) is 0 Å². The molecule has 8 heteroatoms. The molecule has 0 saturated heterocycles. The van der Waals surface area contributed by atoms with E-state index >= 15 is 0 Å². The molecular formula is C30H36O8. The topological polar surface area (TPSA) is 89.5 Å². The van der Waals surface area contributed by atoms with Crippen LogP contribution in [0.15, 0.2) is 60.7 Å². The van der Waals surface area contributed by atoms with Crippen LogP contribution in [0, 0.1) is 0 Å². The maximum atomic E-state index is 11.4. The van der Waals surface area contributed by atoms with Gasteiger partial charge >= 0.3 is 11.9 Å². The Morgan fingerprint density at radius 3 is 1.45 bits per heavy atom. The molecule has 1 aliphatic rings. The number of fused-ring (bicyclic) bond motifs is 2. The summed E-state index contributed by atoms with van der Waals surface area (Å²) in [5.41, 5.74) is 2.93. The number of hydrogen-bond acceptors (Lipinski definition) is 8. The van der Waals surface area contributed by atoms with Crippen molar-refractivity contribution < 1.29 is 38.0 Å². The maximum absolute atomic E-state index is 11.4. The third-order valence-electron chi connectivity index (χ3n) is 5.71. The maximum Gasteiger partial charge on any atom is 0.333 e. The average Bonchev–Trinajstić information content (AvgIpc) is 2.92. The highest BCUT2D eigenvalue weighted by Gasteiger charge is 2.22. The van der Waals surface area contributed by atoms with Crippen LogP contribution in [0.4, 0.5) is 0 Å². The lowest BCUT2D eigenvalue weighted by Crippen LogP contribution is -2.16. The largest absolute Gasteiger partial charge is 0.490 e. The third kappa shape index (κ3) is 8.19. The first-order valence-corrected chi connectivity index (χ1v) is 12.7. The molecule has 0 aromatic heterocycles. The molecule has 0 unspecified atom stereocenters. The first-order valence-electron chi connectivity index (χ1n) is 12.7. The number of esters is 2. The SMILES string of the molecule is C=C(C)C(=O)OCCOCCOc1c2c(c(OCCOCCOC(=O)C(=C)C)c3ccccc13)CC=CC2. The summed E-state index contributed by atoms with van der Waals surface area (Å²) in [6, 6.07) is 8.01. The molecule has 0 amide bonds. The van der Waals surface area contributed by atoms with E-state index in [-0.39, 0.29) is 26.4 Å². The predicted molar refractivity (Wildman–Crippen MR) is 145 cm³/mol. The molecule has 0 aliphatic heterocycles. The predicted octanol–water partition coefficient (Wildman–Crippen LogP) is 4.52. The summed E-state index contributed by atoms with van der Waals surface area (Å²) < 4.78 is 33.7. The van der Waals surface area contributed by atoms with E-state index in [9.17, 15) is 9.59 Å². The van der Waals surface area contributed by atoms with Gasteiger partial charge in [-0.05, 0) is 26.7 Å². The Balaban J connectivity index is 1.58. The molecule has 0 N–H and O–H groups in total. The number of benzene rings is 2. The number of carbonyl (C=O) groups is 2. The lowest BCUT2D eigenvalue weighted by atomic mass is 9.90. The van der Waals surface area contributed by atoms with E-state index in [1.54, 1.807) is 13.8 Å². The van der Waals surface area contributed by atoms with Crippen LogP contribution < -0.4 is 9.47 Å². The lowest BCUT2D eigenvalue weighted by molar-refractivity contribution is -0.141. The first kappa shape index (κ1) is 28.9. The number of ether oxygens (including phenoxy) is 6. The van der Waals surface area contributed by atoms with Crippen molar-refractivity contribution in [1.82, 2.24) is 0 Å². The molecule has 0 radical (unpaired) electrons. The summed E-state index contributed by atoms with van der Waals surface area (Å²) in [6.07, 6.45) is 5.76. The van der Waals surface area contributed by atoms with E-state index in [0.717, 1.165) is 46.2 Å². The standard InChI is InChI=1S/C30H36O8/c1-21(2)29(31)37-19-15-33-13-17-35-27-23-9-5-7-11-25(23)28(26-12-8-6-10-24(26)27)36-18-14-34-16-20-38-30(32)22(3)4/h5-9,11H,1,3,10,12-20H2,2,4H3. The molecule has 0 fully saturated rings. The Morgan fingerprint density at radius 2 is 1.05 bits per heavy atom. The summed E-state index contributed by atoms with van der Waals surface area (Å²) in [5, 5.41) is 1.94. The van der Waals surface area contributed by atoms with Crippen LogP contribution >= 0.6 is 0 Å². The van der Waals surface area contributed by atoms with E-state index in [1.165, 1.54) is 0 Å². The van der Waals surface area contributed by atoms with E-state index in [1.807, 2.05) is 24.3 Å². The van der Waals surface area contributed by atoms with Crippen molar-refractivity contribution in [1.29, 1.82) is 0 Å². The summed E-state index contributed by atoms with van der Waals surface area (Å²) >= 11 is 0. The quantitative estimate of drug-likeness (QED) is 0.137. The van der Waals surface area contributed by atoms with E-state index in [2.05, 4.69) is 25.3 Å². The molecule has 204 valence electrons. The van der Waals surface area contributed by atoms with Gasteiger partial charge in [-0.25, -0.2) is 9.59 Å². The van der Waals surface area contributed by atoms with E-state index in [0.29, 0.717) is 37.6 Å². The Hall–Kier alpha value is -3.62. The van der Waals surface area contributed by atoms with Gasteiger partial charge < -0.3 is 28.4 Å². The summed E-state index contributed by atoms with van der Waals surface area (Å²) in [5.74, 6) is 0.823. The van der Waals surface area contributed by atoms with Gasteiger partial charge in [0.25, 0.3) is 0 Å². The average molecular weight is 525 g/mol. The molecule has 38 heavy (non-hydrogen) atoms. The van der Waals surface area contributed by atoms with Crippen LogP contribution in [0.5, 0.6) is 11.5 Å². The van der Waals surface area contributed by atoms with Crippen molar-refractivity contribution in [3.8, 4) is 11.5 Å². The van der Waals surface area contributed by atoms with Gasteiger partial charge in [-0.1, -0.05) is 49.6 Å². The Bertz CT molecular complexity index is 1090. The monoisotopic (exact) mass is 524 g/mol. The second-order valence-electron chi connectivity index (χ2n) is 8.79. The molecular weight excluding hydrogens is 488 g/mol. The van der Waals surface area contributed by atoms with Crippen LogP contribution in [-0.2, 0) is 41.4 Å². The minimum atomic E-state index is -0.422. The molecule has 8 nitrogen and oxygen atoms in total. The van der Waals surface area contributed by atoms with Crippen molar-refractivity contribution in [3.05, 3.63) is 71.8 Å². The summed E-state index contributed by atoms with van der Waals surface area (Å²) in [7, 11) is 0. The number of rotatable bonds is 16. The van der Waals surface area contributed by atoms with Crippen molar-refractivity contribution in [2.45, 2.75) is 26.7 Å². The Labute approximate surface area is 223 Å². The molecule has 0 heterocycles. The molecule has 0 atom stereocenters. The van der Waals surface area contributed by atoms with Crippen LogP contribution in [0.1, 0.15) is 25.0 Å². The Kier molecular flexibility index (Phi) is 11.4. The van der Waals surface area contributed by atoms with E-state index in [4.69, 9.17) is 28.4 Å². The van der Waals surface area contributed by atoms with Crippen molar-refractivity contribution in [3.63, 3.8) is 0 Å². The van der Waals surface area contributed by atoms with Crippen LogP contribution in [0.3, 0.4) is 0 Å². The van der Waals surface area contributed by atoms with Gasteiger partial charge in [0.05, 0.1) is 26.4 Å². The zero-order valence-electron chi connectivity index (χ0n) is 22.2. The van der Waals surface area contributed by atoms with Crippen molar-refractivity contribution in [2.75, 3.05) is 52.9 Å². The minimum Gasteiger partial charge on any atom is -0.490 e. The number of hydrogen-bond donors (Lipinski definition) is 0. The zero-order valence-corrected chi connectivity index (χ0v) is 22.2. The van der Waals surface area contributed by atoms with Crippen molar-refractivity contribution >= 4 is 22.7 Å². The Morgan fingerprint density at radius 1 is 0.658 bits per heavy atom. The smallest absolute Gasteiger partial charge is 0.333 e. The molecule has 0 saturated carbocycles. The van der Waals surface area contributed by atoms with Crippen LogP contribution in [0.25, 0.3) is 10.8 Å². The normalized spacial score (nSPS) is 12.1. The second kappa shape index (κ2) is 15.0. The second-order valence-corrected chi connectivity index (χ2v) is 8.79. The summed E-state index contributed by atoms with van der Waals surface area (Å²) in [4.78, 5) is 22.9. The number of carbonyl (C=O) groups excluding carboxylic acids is 2. The van der Waals surface area contributed by atoms with Crippen LogP contribution in [0.2, 0.25) is 0 Å². The molecule has 1 aliphatic carbocycles. The van der Waals surface area contributed by atoms with Gasteiger partial charge in [-0.15, -0.1) is 0 Å². The van der Waals surface area contributed by atoms with Crippen molar-refractivity contribution in [2.24, 2.45) is 0 Å². The molecule has 2 aromatic rings. The molecule has 3 rings (SSSR count). The van der Waals surface area contributed by atoms with Gasteiger partial charge in [-0.2, -0.15) is 0 Å². The highest BCUT2D eigenvalue weighted by molar-refractivity contribution is 5.96. The fourth-order valence-electron chi connectivity index (χ4n) is 3.88. The molecule has 0 spiro atoms. The lowest BCUT2D eigenvalue weighted by Gasteiger charge is -2.23. The number of allylic oxidation sites excluding steroid dienone is 2. The van der Waals surface area contributed by atoms with Gasteiger partial charge in [-0.3, -0.25) is 0 Å². The first-order chi connectivity index (χ1) is 18.4. The minimum absolute atomic E-state index is 0.171. The van der Waals surface area contributed by atoms with Gasteiger partial charge in [0.15, 0.2) is 0 Å². The molecule has 0 bridgehead atoms. The van der Waals surface area contributed by atoms with E-state index < -0.39 is 11.9 Å². The fraction of sp³-hybridized carbons (Fsp3) is 0.400. The molecule has 2 aromatic carbocycles. The summed E-state index contributed by atoms with van der Waals surface area (Å²) in [6.45, 7) is 12.7. The third-order valence-corrected chi connectivity index (χ3v) is 5.71. The van der Waals surface area contributed by atoms with Crippen LogP contribution in [-0.4, -0.2) is 64.8 Å². The highest BCUT2D eigenvalue weighted by Crippen LogP contribution is 2.43. The zero-order chi connectivity index (χ0) is 27.3. The van der Waals surface area contributed by atoms with Gasteiger partial charge in [0, 0.05) is 33.0 Å².